The zero-order valence-corrected chi connectivity index (χ0v) is 14.1. The highest BCUT2D eigenvalue weighted by Gasteiger charge is 2.26. The first-order valence-corrected chi connectivity index (χ1v) is 8.23. The van der Waals surface area contributed by atoms with E-state index in [0.717, 1.165) is 30.6 Å². The van der Waals surface area contributed by atoms with E-state index in [4.69, 9.17) is 9.47 Å². The molecule has 1 aliphatic heterocycles. The average Bonchev–Trinajstić information content (AvgIpc) is 2.62. The van der Waals surface area contributed by atoms with Crippen LogP contribution in [0.4, 0.5) is 4.39 Å². The molecule has 2 aromatic rings. The van der Waals surface area contributed by atoms with Crippen molar-refractivity contribution in [3.05, 3.63) is 59.5 Å². The van der Waals surface area contributed by atoms with Crippen LogP contribution >= 0.6 is 0 Å². The Hall–Kier alpha value is -1.98. The fraction of sp³-hybridized carbons (Fsp3) is 0.421. The lowest BCUT2D eigenvalue weighted by Crippen LogP contribution is -2.37. The normalized spacial score (nSPS) is 21.0. The van der Waals surface area contributed by atoms with Gasteiger partial charge < -0.3 is 9.47 Å². The van der Waals surface area contributed by atoms with Crippen LogP contribution in [0.2, 0.25) is 0 Å². The van der Waals surface area contributed by atoms with Gasteiger partial charge in [-0.05, 0) is 43.7 Å². The molecule has 1 aliphatic rings. The molecule has 1 aromatic carbocycles. The summed E-state index contributed by atoms with van der Waals surface area (Å²) in [7, 11) is 3.74. The van der Waals surface area contributed by atoms with Gasteiger partial charge in [0, 0.05) is 25.3 Å². The van der Waals surface area contributed by atoms with Crippen LogP contribution in [0, 0.1) is 5.82 Å². The summed E-state index contributed by atoms with van der Waals surface area (Å²) < 4.78 is 24.2. The maximum atomic E-state index is 13.1. The Morgan fingerprint density at radius 3 is 2.79 bits per heavy atom. The molecule has 5 heteroatoms. The number of rotatable bonds is 5. The monoisotopic (exact) mass is 330 g/mol. The summed E-state index contributed by atoms with van der Waals surface area (Å²) in [6, 6.07) is 12.8. The van der Waals surface area contributed by atoms with E-state index in [2.05, 4.69) is 16.9 Å². The molecule has 0 N–H and O–H groups in total. The molecule has 0 bridgehead atoms. The second kappa shape index (κ2) is 7.73. The van der Waals surface area contributed by atoms with E-state index in [0.29, 0.717) is 18.5 Å². The van der Waals surface area contributed by atoms with Gasteiger partial charge in [0.15, 0.2) is 0 Å². The Morgan fingerprint density at radius 1 is 1.25 bits per heavy atom. The van der Waals surface area contributed by atoms with Crippen molar-refractivity contribution in [2.75, 3.05) is 20.8 Å². The molecule has 0 saturated carbocycles. The second-order valence-corrected chi connectivity index (χ2v) is 6.18. The highest BCUT2D eigenvalue weighted by atomic mass is 19.1. The summed E-state index contributed by atoms with van der Waals surface area (Å²) >= 11 is 0. The van der Waals surface area contributed by atoms with Crippen LogP contribution in [0.5, 0.6) is 5.88 Å². The summed E-state index contributed by atoms with van der Waals surface area (Å²) in [4.78, 5) is 6.78. The first-order chi connectivity index (χ1) is 11.7. The van der Waals surface area contributed by atoms with E-state index in [-0.39, 0.29) is 11.9 Å². The lowest BCUT2D eigenvalue weighted by Gasteiger charge is -2.35. The highest BCUT2D eigenvalue weighted by molar-refractivity contribution is 5.19. The standard InChI is InChI=1S/C19H23FN2O2/c1-22(13-16-4-3-5-19(21-16)23-2)17-10-11-24-18(12-17)14-6-8-15(20)9-7-14/h3-9,17-18H,10-13H2,1-2H3/t17-,18-/m0/s1. The largest absolute Gasteiger partial charge is 0.481 e. The summed E-state index contributed by atoms with van der Waals surface area (Å²) in [5, 5.41) is 0. The number of aromatic nitrogens is 1. The number of methoxy groups -OCH3 is 1. The molecule has 4 nitrogen and oxygen atoms in total. The molecule has 2 atom stereocenters. The lowest BCUT2D eigenvalue weighted by molar-refractivity contribution is -0.0251. The third kappa shape index (κ3) is 4.10. The first kappa shape index (κ1) is 16.9. The summed E-state index contributed by atoms with van der Waals surface area (Å²) in [5.74, 6) is 0.421. The van der Waals surface area contributed by atoms with Crippen molar-refractivity contribution in [3.8, 4) is 5.88 Å². The van der Waals surface area contributed by atoms with Crippen LogP contribution in [-0.4, -0.2) is 36.7 Å². The molecule has 3 rings (SSSR count). The Morgan fingerprint density at radius 2 is 2.04 bits per heavy atom. The van der Waals surface area contributed by atoms with Gasteiger partial charge in [-0.25, -0.2) is 9.37 Å². The van der Waals surface area contributed by atoms with E-state index in [9.17, 15) is 4.39 Å². The van der Waals surface area contributed by atoms with Gasteiger partial charge in [0.2, 0.25) is 5.88 Å². The molecule has 0 radical (unpaired) electrons. The number of hydrogen-bond acceptors (Lipinski definition) is 4. The fourth-order valence-electron chi connectivity index (χ4n) is 3.13. The van der Waals surface area contributed by atoms with Crippen LogP contribution in [0.3, 0.4) is 0 Å². The third-order valence-electron chi connectivity index (χ3n) is 4.52. The molecule has 24 heavy (non-hydrogen) atoms. The molecule has 128 valence electrons. The van der Waals surface area contributed by atoms with Crippen molar-refractivity contribution in [3.63, 3.8) is 0 Å². The molecular formula is C19H23FN2O2. The van der Waals surface area contributed by atoms with Crippen molar-refractivity contribution >= 4 is 0 Å². The number of pyridine rings is 1. The minimum atomic E-state index is -0.215. The van der Waals surface area contributed by atoms with E-state index < -0.39 is 0 Å². The predicted octanol–water partition coefficient (Wildman–Crippen LogP) is 3.58. The predicted molar refractivity (Wildman–Crippen MR) is 90.4 cm³/mol. The topological polar surface area (TPSA) is 34.6 Å². The Kier molecular flexibility index (Phi) is 5.43. The fourth-order valence-corrected chi connectivity index (χ4v) is 3.13. The molecular weight excluding hydrogens is 307 g/mol. The number of benzene rings is 1. The smallest absolute Gasteiger partial charge is 0.213 e. The van der Waals surface area contributed by atoms with Crippen molar-refractivity contribution in [1.82, 2.24) is 9.88 Å². The molecule has 0 amide bonds. The van der Waals surface area contributed by atoms with Crippen LogP contribution in [0.25, 0.3) is 0 Å². The van der Waals surface area contributed by atoms with Gasteiger partial charge in [-0.15, -0.1) is 0 Å². The molecule has 1 saturated heterocycles. The van der Waals surface area contributed by atoms with E-state index >= 15 is 0 Å². The zero-order valence-electron chi connectivity index (χ0n) is 14.1. The zero-order chi connectivity index (χ0) is 16.9. The number of halogens is 1. The Labute approximate surface area is 142 Å². The Bertz CT molecular complexity index is 663. The van der Waals surface area contributed by atoms with Gasteiger partial charge in [-0.2, -0.15) is 0 Å². The maximum absolute atomic E-state index is 13.1. The van der Waals surface area contributed by atoms with Gasteiger partial charge in [0.05, 0.1) is 18.9 Å². The van der Waals surface area contributed by atoms with Gasteiger partial charge in [0.25, 0.3) is 0 Å². The number of hydrogen-bond donors (Lipinski definition) is 0. The van der Waals surface area contributed by atoms with Gasteiger partial charge >= 0.3 is 0 Å². The molecule has 0 aliphatic carbocycles. The Balaban J connectivity index is 1.64. The first-order valence-electron chi connectivity index (χ1n) is 8.23. The van der Waals surface area contributed by atoms with Crippen molar-refractivity contribution in [1.29, 1.82) is 0 Å². The molecule has 2 heterocycles. The quantitative estimate of drug-likeness (QED) is 0.839. The third-order valence-corrected chi connectivity index (χ3v) is 4.52. The van der Waals surface area contributed by atoms with E-state index in [1.807, 2.05) is 30.3 Å². The lowest BCUT2D eigenvalue weighted by atomic mass is 9.96. The van der Waals surface area contributed by atoms with Crippen LogP contribution in [0.15, 0.2) is 42.5 Å². The SMILES string of the molecule is COc1cccc(CN(C)[C@H]2CCO[C@H](c3ccc(F)cc3)C2)n1. The van der Waals surface area contributed by atoms with Gasteiger partial charge in [-0.1, -0.05) is 18.2 Å². The average molecular weight is 330 g/mol. The molecule has 0 unspecified atom stereocenters. The summed E-state index contributed by atoms with van der Waals surface area (Å²) in [6.07, 6.45) is 1.90. The number of nitrogens with zero attached hydrogens (tertiary/aromatic N) is 2. The van der Waals surface area contributed by atoms with Crippen molar-refractivity contribution in [2.45, 2.75) is 31.5 Å². The van der Waals surface area contributed by atoms with Crippen molar-refractivity contribution in [2.24, 2.45) is 0 Å². The summed E-state index contributed by atoms with van der Waals surface area (Å²) in [5.41, 5.74) is 2.02. The highest BCUT2D eigenvalue weighted by Crippen LogP contribution is 2.30. The van der Waals surface area contributed by atoms with E-state index in [1.54, 1.807) is 7.11 Å². The van der Waals surface area contributed by atoms with Gasteiger partial charge in [0.1, 0.15) is 5.82 Å². The summed E-state index contributed by atoms with van der Waals surface area (Å²) in [6.45, 7) is 1.47. The maximum Gasteiger partial charge on any atom is 0.213 e. The van der Waals surface area contributed by atoms with Crippen LogP contribution in [-0.2, 0) is 11.3 Å². The van der Waals surface area contributed by atoms with Crippen molar-refractivity contribution < 1.29 is 13.9 Å². The van der Waals surface area contributed by atoms with Gasteiger partial charge in [-0.3, -0.25) is 4.90 Å². The van der Waals surface area contributed by atoms with E-state index in [1.165, 1.54) is 12.1 Å². The minimum absolute atomic E-state index is 0.0186. The molecule has 1 fully saturated rings. The molecule has 1 aromatic heterocycles. The molecule has 0 spiro atoms. The minimum Gasteiger partial charge on any atom is -0.481 e. The van der Waals surface area contributed by atoms with Crippen LogP contribution in [0.1, 0.15) is 30.2 Å². The second-order valence-electron chi connectivity index (χ2n) is 6.18. The van der Waals surface area contributed by atoms with Crippen LogP contribution < -0.4 is 4.74 Å². The number of ether oxygens (including phenoxy) is 2.